The van der Waals surface area contributed by atoms with Crippen LogP contribution in [-0.4, -0.2) is 19.2 Å². The number of carbonyl (C=O) groups is 1. The van der Waals surface area contributed by atoms with Gasteiger partial charge in [-0.15, -0.1) is 0 Å². The Morgan fingerprint density at radius 1 is 1.29 bits per heavy atom. The molecule has 1 aromatic rings. The molecule has 0 spiro atoms. The van der Waals surface area contributed by atoms with Crippen molar-refractivity contribution in [2.45, 2.75) is 12.8 Å². The normalized spacial score (nSPS) is 27.1. The Morgan fingerprint density at radius 3 is 2.62 bits per heavy atom. The van der Waals surface area contributed by atoms with Gasteiger partial charge in [0.25, 0.3) is 0 Å². The minimum Gasteiger partial charge on any atom is -0.325 e. The van der Waals surface area contributed by atoms with E-state index in [4.69, 9.17) is 0 Å². The van der Waals surface area contributed by atoms with Gasteiger partial charge in [-0.2, -0.15) is 0 Å². The molecule has 1 N–H and O–H groups in total. The predicted octanol–water partition coefficient (Wildman–Crippen LogP) is 3.22. The molecule has 3 nitrogen and oxygen atoms in total. The van der Waals surface area contributed by atoms with E-state index >= 15 is 0 Å². The second-order valence-corrected chi connectivity index (χ2v) is 9.57. The van der Waals surface area contributed by atoms with Crippen LogP contribution in [0.15, 0.2) is 30.4 Å². The van der Waals surface area contributed by atoms with Crippen LogP contribution in [0.4, 0.5) is 10.1 Å². The number of fused-ring (bicyclic) bond motifs is 2. The molecule has 1 saturated carbocycles. The Balaban J connectivity index is 1.83. The lowest BCUT2D eigenvalue weighted by molar-refractivity contribution is -0.120. The second-order valence-electron chi connectivity index (χ2n) is 6.39. The zero-order chi connectivity index (χ0) is 15.2. The number of carbonyl (C=O) groups excluding carboxylic acids is 1. The van der Waals surface area contributed by atoms with E-state index in [1.165, 1.54) is 18.2 Å². The van der Waals surface area contributed by atoms with Crippen LogP contribution in [-0.2, 0) is 9.36 Å². The van der Waals surface area contributed by atoms with E-state index in [2.05, 4.69) is 17.5 Å². The summed E-state index contributed by atoms with van der Waals surface area (Å²) in [5, 5.41) is 3.26. The van der Waals surface area contributed by atoms with Crippen molar-refractivity contribution in [3.63, 3.8) is 0 Å². The first-order chi connectivity index (χ1) is 9.84. The number of anilines is 1. The minimum absolute atomic E-state index is 0.0222. The van der Waals surface area contributed by atoms with Crippen LogP contribution >= 0.6 is 7.14 Å². The van der Waals surface area contributed by atoms with Crippen LogP contribution in [0.1, 0.15) is 12.8 Å². The number of benzene rings is 1. The summed E-state index contributed by atoms with van der Waals surface area (Å²) in [5.41, 5.74) is 0.474. The predicted molar refractivity (Wildman–Crippen MR) is 83.0 cm³/mol. The molecule has 3 unspecified atom stereocenters. The molecule has 1 aromatic carbocycles. The van der Waals surface area contributed by atoms with E-state index in [0.29, 0.717) is 22.8 Å². The highest BCUT2D eigenvalue weighted by Gasteiger charge is 2.40. The average Bonchev–Trinajstić information content (AvgIpc) is 3.02. The summed E-state index contributed by atoms with van der Waals surface area (Å²) in [6, 6.07) is 4.05. The quantitative estimate of drug-likeness (QED) is 0.688. The zero-order valence-electron chi connectivity index (χ0n) is 12.2. The van der Waals surface area contributed by atoms with Crippen LogP contribution in [0.5, 0.6) is 0 Å². The van der Waals surface area contributed by atoms with E-state index in [-0.39, 0.29) is 11.8 Å². The lowest BCUT2D eigenvalue weighted by Gasteiger charge is -2.20. The van der Waals surface area contributed by atoms with E-state index < -0.39 is 13.0 Å². The summed E-state index contributed by atoms with van der Waals surface area (Å²) in [6.45, 7) is 3.16. The Labute approximate surface area is 124 Å². The fourth-order valence-electron chi connectivity index (χ4n) is 3.36. The lowest BCUT2D eigenvalue weighted by Crippen LogP contribution is -2.28. The maximum absolute atomic E-state index is 13.4. The van der Waals surface area contributed by atoms with Crippen LogP contribution in [0.25, 0.3) is 0 Å². The molecule has 21 heavy (non-hydrogen) atoms. The maximum Gasteiger partial charge on any atom is 0.228 e. The third kappa shape index (κ3) is 2.82. The van der Waals surface area contributed by atoms with Crippen molar-refractivity contribution in [3.8, 4) is 0 Å². The first-order valence-electron chi connectivity index (χ1n) is 7.19. The molecule has 0 saturated heterocycles. The lowest BCUT2D eigenvalue weighted by atomic mass is 9.93. The molecule has 0 aromatic heterocycles. The third-order valence-corrected chi connectivity index (χ3v) is 5.94. The molecule has 2 bridgehead atoms. The van der Waals surface area contributed by atoms with E-state index in [0.717, 1.165) is 12.8 Å². The van der Waals surface area contributed by atoms with Crippen LogP contribution in [0.3, 0.4) is 0 Å². The standard InChI is InChI=1S/C16H19FNO2P/c1-21(2,20)15-9-12(17)5-6-14(15)18-16(19)13-8-10-3-4-11(13)7-10/h3-6,9-11,13H,7-8H2,1-2H3,(H,18,19). The number of amides is 1. The summed E-state index contributed by atoms with van der Waals surface area (Å²) in [4.78, 5) is 12.4. The fraction of sp³-hybridized carbons (Fsp3) is 0.438. The highest BCUT2D eigenvalue weighted by molar-refractivity contribution is 7.70. The topological polar surface area (TPSA) is 46.2 Å². The van der Waals surface area contributed by atoms with Gasteiger partial charge in [0.2, 0.25) is 5.91 Å². The number of nitrogens with one attached hydrogen (secondary N) is 1. The molecule has 0 aliphatic heterocycles. The number of halogens is 1. The van der Waals surface area contributed by atoms with Gasteiger partial charge in [0.1, 0.15) is 13.0 Å². The highest BCUT2D eigenvalue weighted by Crippen LogP contribution is 2.44. The summed E-state index contributed by atoms with van der Waals surface area (Å²) in [5.74, 6) is 0.324. The van der Waals surface area contributed by atoms with E-state index in [1.54, 1.807) is 13.3 Å². The Bertz CT molecular complexity index is 664. The largest absolute Gasteiger partial charge is 0.325 e. The van der Waals surface area contributed by atoms with Crippen LogP contribution in [0, 0.1) is 23.6 Å². The summed E-state index contributed by atoms with van der Waals surface area (Å²) < 4.78 is 25.7. The van der Waals surface area contributed by atoms with Gasteiger partial charge >= 0.3 is 0 Å². The fourth-order valence-corrected chi connectivity index (χ4v) is 4.51. The average molecular weight is 307 g/mol. The van der Waals surface area contributed by atoms with Crippen LogP contribution in [0.2, 0.25) is 0 Å². The first kappa shape index (κ1) is 14.5. The van der Waals surface area contributed by atoms with Crippen molar-refractivity contribution in [2.75, 3.05) is 18.6 Å². The highest BCUT2D eigenvalue weighted by atomic mass is 31.2. The molecule has 2 aliphatic carbocycles. The SMILES string of the molecule is CP(C)(=O)c1cc(F)ccc1NC(=O)C1CC2C=CC1C2. The van der Waals surface area contributed by atoms with Gasteiger partial charge in [-0.25, -0.2) is 4.39 Å². The number of rotatable bonds is 3. The van der Waals surface area contributed by atoms with Gasteiger partial charge in [0.15, 0.2) is 0 Å². The molecule has 1 amide bonds. The molecule has 2 aliphatic rings. The summed E-state index contributed by atoms with van der Waals surface area (Å²) >= 11 is 0. The van der Waals surface area contributed by atoms with Gasteiger partial charge in [0, 0.05) is 11.2 Å². The van der Waals surface area contributed by atoms with Crippen LogP contribution < -0.4 is 10.6 Å². The van der Waals surface area contributed by atoms with Crippen molar-refractivity contribution in [1.29, 1.82) is 0 Å². The van der Waals surface area contributed by atoms with Crippen molar-refractivity contribution < 1.29 is 13.8 Å². The number of hydrogen-bond donors (Lipinski definition) is 1. The molecule has 3 atom stereocenters. The smallest absolute Gasteiger partial charge is 0.228 e. The maximum atomic E-state index is 13.4. The molecule has 112 valence electrons. The molecule has 5 heteroatoms. The second kappa shape index (κ2) is 5.10. The van der Waals surface area contributed by atoms with Crippen molar-refractivity contribution in [2.24, 2.45) is 17.8 Å². The summed E-state index contributed by atoms with van der Waals surface area (Å²) in [7, 11) is -2.65. The van der Waals surface area contributed by atoms with Gasteiger partial charge in [-0.1, -0.05) is 12.2 Å². The molecular weight excluding hydrogens is 288 g/mol. The van der Waals surface area contributed by atoms with E-state index in [1.807, 2.05) is 0 Å². The first-order valence-corrected chi connectivity index (χ1v) is 9.79. The monoisotopic (exact) mass is 307 g/mol. The zero-order valence-corrected chi connectivity index (χ0v) is 13.1. The van der Waals surface area contributed by atoms with Gasteiger partial charge in [-0.3, -0.25) is 4.79 Å². The number of hydrogen-bond acceptors (Lipinski definition) is 2. The summed E-state index contributed by atoms with van der Waals surface area (Å²) in [6.07, 6.45) is 6.23. The van der Waals surface area contributed by atoms with Gasteiger partial charge < -0.3 is 9.88 Å². The van der Waals surface area contributed by atoms with E-state index in [9.17, 15) is 13.8 Å². The molecular formula is C16H19FNO2P. The third-order valence-electron chi connectivity index (χ3n) is 4.41. The van der Waals surface area contributed by atoms with Gasteiger partial charge in [0.05, 0.1) is 5.69 Å². The van der Waals surface area contributed by atoms with Crippen molar-refractivity contribution in [1.82, 2.24) is 0 Å². The van der Waals surface area contributed by atoms with Gasteiger partial charge in [-0.05, 0) is 56.2 Å². The molecule has 3 rings (SSSR count). The van der Waals surface area contributed by atoms with Crippen molar-refractivity contribution >= 4 is 24.0 Å². The Hall–Kier alpha value is -1.41. The molecule has 0 radical (unpaired) electrons. The Kier molecular flexibility index (Phi) is 3.53. The van der Waals surface area contributed by atoms with Crippen molar-refractivity contribution in [3.05, 3.63) is 36.2 Å². The Morgan fingerprint density at radius 2 is 2.05 bits per heavy atom. The minimum atomic E-state index is -2.65. The molecule has 0 heterocycles. The molecule has 1 fully saturated rings. The number of allylic oxidation sites excluding steroid dienone is 2.